The maximum atomic E-state index is 12.8. The lowest BCUT2D eigenvalue weighted by molar-refractivity contribution is -0.0193. The van der Waals surface area contributed by atoms with Gasteiger partial charge in [-0.3, -0.25) is 14.3 Å². The second kappa shape index (κ2) is 10.5. The number of aromatic nitrogens is 3. The molecule has 1 aromatic carbocycles. The lowest BCUT2D eigenvalue weighted by Gasteiger charge is -2.30. The highest BCUT2D eigenvalue weighted by molar-refractivity contribution is 5.96. The number of morpholine rings is 1. The van der Waals surface area contributed by atoms with Gasteiger partial charge in [-0.05, 0) is 37.6 Å². The molecule has 36 heavy (non-hydrogen) atoms. The molecule has 11 heteroatoms. The summed E-state index contributed by atoms with van der Waals surface area (Å²) in [6.45, 7) is 7.60. The molecule has 1 fully saturated rings. The second-order valence-corrected chi connectivity index (χ2v) is 8.90. The van der Waals surface area contributed by atoms with E-state index in [1.165, 1.54) is 6.20 Å². The number of nitrogen functional groups attached to an aromatic ring is 1. The number of methoxy groups -OCH3 is 1. The van der Waals surface area contributed by atoms with E-state index < -0.39 is 5.91 Å². The molecular formula is C25H31N7O4. The maximum Gasteiger partial charge on any atom is 0.281 e. The number of nitrogens with two attached hydrogens (primary N) is 1. The van der Waals surface area contributed by atoms with Gasteiger partial charge in [0.25, 0.3) is 5.91 Å². The predicted molar refractivity (Wildman–Crippen MR) is 135 cm³/mol. The molecule has 0 bridgehead atoms. The molecule has 1 atom stereocenters. The number of amides is 1. The standard InChI is InChI=1S/C25H31N7O4/c1-16-15-31(11-13-35-16)9-3-12-36-19-6-5-18-21(22(19)34-2)29-25(32-10-8-27-23(18)32)30-24(33)17-4-7-20(26)28-14-17/h4-7,14,16,27H,3,8-13,15H2,1-2H3,(H2,26,28)/t16-/m1/s1. The average Bonchev–Trinajstić information content (AvgIpc) is 3.37. The zero-order valence-electron chi connectivity index (χ0n) is 20.6. The fourth-order valence-electron chi connectivity index (χ4n) is 4.60. The minimum atomic E-state index is -0.445. The van der Waals surface area contributed by atoms with Gasteiger partial charge in [0, 0.05) is 44.3 Å². The van der Waals surface area contributed by atoms with E-state index in [0.29, 0.717) is 53.7 Å². The van der Waals surface area contributed by atoms with Gasteiger partial charge in [0.1, 0.15) is 17.2 Å². The molecule has 3 N–H and O–H groups in total. The van der Waals surface area contributed by atoms with Crippen molar-refractivity contribution >= 4 is 28.4 Å². The second-order valence-electron chi connectivity index (χ2n) is 8.90. The number of anilines is 2. The van der Waals surface area contributed by atoms with Crippen molar-refractivity contribution in [2.45, 2.75) is 26.0 Å². The highest BCUT2D eigenvalue weighted by Crippen LogP contribution is 2.37. The first-order valence-corrected chi connectivity index (χ1v) is 12.2. The Kier molecular flexibility index (Phi) is 7.01. The van der Waals surface area contributed by atoms with Crippen molar-refractivity contribution in [3.63, 3.8) is 0 Å². The van der Waals surface area contributed by atoms with Gasteiger partial charge >= 0.3 is 0 Å². The fraction of sp³-hybridized carbons (Fsp3) is 0.440. The highest BCUT2D eigenvalue weighted by Gasteiger charge is 2.21. The molecule has 1 saturated heterocycles. The monoisotopic (exact) mass is 493 g/mol. The first-order valence-electron chi connectivity index (χ1n) is 12.2. The summed E-state index contributed by atoms with van der Waals surface area (Å²) in [7, 11) is 1.59. The van der Waals surface area contributed by atoms with Crippen molar-refractivity contribution in [1.29, 1.82) is 0 Å². The van der Waals surface area contributed by atoms with Crippen LogP contribution in [0.15, 0.2) is 35.5 Å². The summed E-state index contributed by atoms with van der Waals surface area (Å²) in [6.07, 6.45) is 2.56. The van der Waals surface area contributed by atoms with Gasteiger partial charge in [-0.15, -0.1) is 0 Å². The number of benzene rings is 1. The van der Waals surface area contributed by atoms with Crippen LogP contribution in [-0.2, 0) is 11.3 Å². The number of nitrogens with zero attached hydrogens (tertiary/aromatic N) is 5. The number of carbonyl (C=O) groups excluding carboxylic acids is 1. The molecule has 2 aliphatic heterocycles. The van der Waals surface area contributed by atoms with Crippen LogP contribution in [0.5, 0.6) is 11.5 Å². The predicted octanol–water partition coefficient (Wildman–Crippen LogP) is 1.68. The quantitative estimate of drug-likeness (QED) is 0.472. The van der Waals surface area contributed by atoms with Gasteiger partial charge in [-0.2, -0.15) is 4.99 Å². The molecule has 5 rings (SSSR count). The molecule has 0 radical (unpaired) electrons. The van der Waals surface area contributed by atoms with Crippen LogP contribution in [0.1, 0.15) is 23.7 Å². The van der Waals surface area contributed by atoms with Crippen LogP contribution in [0.3, 0.4) is 0 Å². The average molecular weight is 494 g/mol. The molecule has 0 aliphatic carbocycles. The van der Waals surface area contributed by atoms with E-state index in [1.54, 1.807) is 19.2 Å². The first-order chi connectivity index (χ1) is 17.5. The lowest BCUT2D eigenvalue weighted by atomic mass is 10.2. The summed E-state index contributed by atoms with van der Waals surface area (Å²) in [4.78, 5) is 28.2. The number of hydrogen-bond donors (Lipinski definition) is 2. The Bertz CT molecular complexity index is 1320. The third-order valence-corrected chi connectivity index (χ3v) is 6.34. The molecule has 0 spiro atoms. The Morgan fingerprint density at radius 1 is 1.31 bits per heavy atom. The molecule has 1 amide bonds. The van der Waals surface area contributed by atoms with Crippen LogP contribution in [0.4, 0.5) is 11.6 Å². The molecule has 4 heterocycles. The maximum absolute atomic E-state index is 12.8. The van der Waals surface area contributed by atoms with Crippen LogP contribution < -0.4 is 26.1 Å². The SMILES string of the molecule is COc1c(OCCCN2CCO[C@H](C)C2)ccc2c3n(c(=NC(=O)c4ccc(N)nc4)nc12)CCN3. The Morgan fingerprint density at radius 3 is 2.97 bits per heavy atom. The number of pyridine rings is 1. The lowest BCUT2D eigenvalue weighted by Crippen LogP contribution is -2.41. The normalized spacial score (nSPS) is 18.2. The molecule has 3 aromatic rings. The Morgan fingerprint density at radius 2 is 2.19 bits per heavy atom. The fourth-order valence-corrected chi connectivity index (χ4v) is 4.60. The van der Waals surface area contributed by atoms with Crippen molar-refractivity contribution in [3.8, 4) is 11.5 Å². The van der Waals surface area contributed by atoms with E-state index in [4.69, 9.17) is 24.9 Å². The van der Waals surface area contributed by atoms with Crippen LogP contribution in [-0.4, -0.2) is 77.9 Å². The minimum absolute atomic E-state index is 0.266. The zero-order chi connectivity index (χ0) is 25.1. The minimum Gasteiger partial charge on any atom is -0.491 e. The van der Waals surface area contributed by atoms with E-state index in [9.17, 15) is 4.79 Å². The van der Waals surface area contributed by atoms with E-state index in [1.807, 2.05) is 16.7 Å². The van der Waals surface area contributed by atoms with E-state index >= 15 is 0 Å². The smallest absolute Gasteiger partial charge is 0.281 e. The number of nitrogens with one attached hydrogen (secondary N) is 1. The Hall–Kier alpha value is -3.70. The topological polar surface area (TPSA) is 129 Å². The van der Waals surface area contributed by atoms with Crippen LogP contribution in [0, 0.1) is 0 Å². The van der Waals surface area contributed by atoms with Gasteiger partial charge in [-0.1, -0.05) is 0 Å². The number of carbonyl (C=O) groups is 1. The molecule has 2 aromatic heterocycles. The number of fused-ring (bicyclic) bond motifs is 3. The highest BCUT2D eigenvalue weighted by atomic mass is 16.5. The molecule has 0 unspecified atom stereocenters. The number of rotatable bonds is 7. The van der Waals surface area contributed by atoms with Crippen molar-refractivity contribution in [3.05, 3.63) is 41.6 Å². The molecule has 0 saturated carbocycles. The van der Waals surface area contributed by atoms with Crippen molar-refractivity contribution in [2.75, 3.05) is 57.6 Å². The van der Waals surface area contributed by atoms with Gasteiger partial charge in [0.15, 0.2) is 11.5 Å². The largest absolute Gasteiger partial charge is 0.491 e. The van der Waals surface area contributed by atoms with Gasteiger partial charge in [-0.25, -0.2) is 9.97 Å². The van der Waals surface area contributed by atoms with Gasteiger partial charge in [0.05, 0.1) is 32.0 Å². The van der Waals surface area contributed by atoms with Crippen molar-refractivity contribution in [2.24, 2.45) is 4.99 Å². The Labute approximate surface area is 208 Å². The number of ether oxygens (including phenoxy) is 3. The Balaban J connectivity index is 1.42. The van der Waals surface area contributed by atoms with Crippen LogP contribution >= 0.6 is 0 Å². The zero-order valence-corrected chi connectivity index (χ0v) is 20.6. The van der Waals surface area contributed by atoms with E-state index in [2.05, 4.69) is 27.1 Å². The summed E-state index contributed by atoms with van der Waals surface area (Å²) in [5.41, 5.74) is 6.85. The summed E-state index contributed by atoms with van der Waals surface area (Å²) in [6, 6.07) is 7.04. The molecular weight excluding hydrogens is 462 g/mol. The third-order valence-electron chi connectivity index (χ3n) is 6.34. The van der Waals surface area contributed by atoms with Crippen LogP contribution in [0.25, 0.3) is 10.9 Å². The summed E-state index contributed by atoms with van der Waals surface area (Å²) < 4.78 is 19.3. The van der Waals surface area contributed by atoms with E-state index in [-0.39, 0.29) is 6.10 Å². The first kappa shape index (κ1) is 24.0. The van der Waals surface area contributed by atoms with E-state index in [0.717, 1.165) is 43.9 Å². The molecule has 2 aliphatic rings. The third kappa shape index (κ3) is 4.98. The van der Waals surface area contributed by atoms with Gasteiger partial charge in [0.2, 0.25) is 5.62 Å². The van der Waals surface area contributed by atoms with Crippen molar-refractivity contribution in [1.82, 2.24) is 19.4 Å². The summed E-state index contributed by atoms with van der Waals surface area (Å²) in [5.74, 6) is 1.86. The van der Waals surface area contributed by atoms with Gasteiger partial charge < -0.3 is 25.3 Å². The summed E-state index contributed by atoms with van der Waals surface area (Å²) in [5, 5.41) is 4.25. The number of hydrogen-bond acceptors (Lipinski definition) is 9. The molecule has 190 valence electrons. The van der Waals surface area contributed by atoms with Crippen LogP contribution in [0.2, 0.25) is 0 Å². The molecule has 11 nitrogen and oxygen atoms in total. The summed E-state index contributed by atoms with van der Waals surface area (Å²) >= 11 is 0. The van der Waals surface area contributed by atoms with Crippen molar-refractivity contribution < 1.29 is 19.0 Å².